The van der Waals surface area contributed by atoms with Gasteiger partial charge in [-0.05, 0) is 73.3 Å². The minimum absolute atomic E-state index is 0.233. The highest BCUT2D eigenvalue weighted by Crippen LogP contribution is 2.36. The number of anilines is 1. The number of hydrogen-bond acceptors (Lipinski definition) is 3. The van der Waals surface area contributed by atoms with E-state index >= 15 is 0 Å². The lowest BCUT2D eigenvalue weighted by molar-refractivity contribution is 0.336. The number of fused-ring (bicyclic) bond motifs is 5. The molecule has 0 bridgehead atoms. The van der Waals surface area contributed by atoms with Crippen molar-refractivity contribution in [2.45, 2.75) is 26.1 Å². The molecule has 2 aromatic heterocycles. The number of imidazole rings is 1. The van der Waals surface area contributed by atoms with E-state index < -0.39 is 6.17 Å². The van der Waals surface area contributed by atoms with Gasteiger partial charge in [0.25, 0.3) is 0 Å². The molecule has 0 aliphatic carbocycles. The Balaban J connectivity index is 1.29. The Morgan fingerprint density at radius 1 is 1.11 bits per heavy atom. The van der Waals surface area contributed by atoms with Gasteiger partial charge in [0.15, 0.2) is 5.82 Å². The van der Waals surface area contributed by atoms with Crippen molar-refractivity contribution in [1.29, 1.82) is 0 Å². The van der Waals surface area contributed by atoms with Crippen LogP contribution in [0.4, 0.5) is 14.5 Å². The van der Waals surface area contributed by atoms with Crippen LogP contribution in [0.25, 0.3) is 28.3 Å². The molecule has 2 aliphatic rings. The molecule has 2 atom stereocenters. The Labute approximate surface area is 204 Å². The third-order valence-electron chi connectivity index (χ3n) is 7.12. The average Bonchev–Trinajstić information content (AvgIpc) is 3.58. The van der Waals surface area contributed by atoms with E-state index in [1.807, 2.05) is 24.5 Å². The molecule has 5 nitrogen and oxygen atoms in total. The van der Waals surface area contributed by atoms with Gasteiger partial charge in [-0.15, -0.1) is 0 Å². The Kier molecular flexibility index (Phi) is 5.65. The zero-order valence-corrected chi connectivity index (χ0v) is 19.8. The van der Waals surface area contributed by atoms with Gasteiger partial charge in [-0.3, -0.25) is 4.57 Å². The first-order valence-corrected chi connectivity index (χ1v) is 12.3. The Bertz CT molecular complexity index is 1340. The summed E-state index contributed by atoms with van der Waals surface area (Å²) in [6.07, 6.45) is 6.28. The molecule has 180 valence electrons. The quantitative estimate of drug-likeness (QED) is 0.365. The molecule has 4 aromatic rings. The van der Waals surface area contributed by atoms with Gasteiger partial charge in [-0.25, -0.2) is 13.8 Å². The van der Waals surface area contributed by atoms with Crippen molar-refractivity contribution < 1.29 is 8.78 Å². The third kappa shape index (κ3) is 4.25. The topological polar surface area (TPSA) is 38.0 Å². The van der Waals surface area contributed by atoms with Crippen molar-refractivity contribution >= 4 is 5.69 Å². The van der Waals surface area contributed by atoms with Crippen molar-refractivity contribution in [2.75, 3.05) is 31.1 Å². The maximum atomic E-state index is 13.4. The molecular formula is C28H29F2N5. The zero-order chi connectivity index (χ0) is 23.9. The zero-order valence-electron chi connectivity index (χ0n) is 19.8. The summed E-state index contributed by atoms with van der Waals surface area (Å²) in [5.41, 5.74) is 6.67. The average molecular weight is 474 g/mol. The first-order chi connectivity index (χ1) is 17.0. The fourth-order valence-corrected chi connectivity index (χ4v) is 5.35. The van der Waals surface area contributed by atoms with E-state index in [2.05, 4.69) is 54.8 Å². The normalized spacial score (nSPS) is 17.6. The fraction of sp³-hybridized carbons (Fsp3) is 0.321. The van der Waals surface area contributed by atoms with Gasteiger partial charge in [-0.1, -0.05) is 12.1 Å². The second-order valence-corrected chi connectivity index (χ2v) is 9.72. The molecule has 4 heterocycles. The van der Waals surface area contributed by atoms with E-state index in [4.69, 9.17) is 0 Å². The lowest BCUT2D eigenvalue weighted by Gasteiger charge is -2.21. The number of hydrogen-bond donors (Lipinski definition) is 1. The summed E-state index contributed by atoms with van der Waals surface area (Å²) in [7, 11) is 0. The van der Waals surface area contributed by atoms with E-state index in [0.29, 0.717) is 12.5 Å². The summed E-state index contributed by atoms with van der Waals surface area (Å²) < 4.78 is 31.0. The fourth-order valence-electron chi connectivity index (χ4n) is 5.35. The number of nitrogens with one attached hydrogen (secondary N) is 1. The smallest absolute Gasteiger partial charge is 0.161 e. The predicted molar refractivity (Wildman–Crippen MR) is 135 cm³/mol. The lowest BCUT2D eigenvalue weighted by Crippen LogP contribution is -2.29. The molecule has 1 unspecified atom stereocenters. The third-order valence-corrected chi connectivity index (χ3v) is 7.12. The van der Waals surface area contributed by atoms with E-state index in [0.717, 1.165) is 60.9 Å². The number of benzene rings is 2. The Hall–Kier alpha value is -3.45. The molecule has 0 saturated carbocycles. The molecule has 35 heavy (non-hydrogen) atoms. The van der Waals surface area contributed by atoms with Crippen LogP contribution in [-0.2, 0) is 6.54 Å². The lowest BCUT2D eigenvalue weighted by atomic mass is 10.1. The maximum absolute atomic E-state index is 13.4. The van der Waals surface area contributed by atoms with Crippen LogP contribution in [0.5, 0.6) is 0 Å². The summed E-state index contributed by atoms with van der Waals surface area (Å²) in [5, 5.41) is 3.26. The Morgan fingerprint density at radius 2 is 1.97 bits per heavy atom. The highest BCUT2D eigenvalue weighted by Gasteiger charge is 2.25. The second kappa shape index (κ2) is 8.96. The molecular weight excluding hydrogens is 444 g/mol. The predicted octanol–water partition coefficient (Wildman–Crippen LogP) is 5.28. The van der Waals surface area contributed by atoms with Crippen LogP contribution in [0.3, 0.4) is 0 Å². The molecule has 1 saturated heterocycles. The first kappa shape index (κ1) is 22.0. The monoisotopic (exact) mass is 473 g/mol. The van der Waals surface area contributed by atoms with Crippen LogP contribution in [0.2, 0.25) is 0 Å². The summed E-state index contributed by atoms with van der Waals surface area (Å²) in [6, 6.07) is 15.5. The number of rotatable bonds is 6. The molecule has 6 rings (SSSR count). The molecule has 0 spiro atoms. The van der Waals surface area contributed by atoms with Crippen molar-refractivity contribution in [3.63, 3.8) is 0 Å². The summed E-state index contributed by atoms with van der Waals surface area (Å²) in [5.74, 6) is 1.20. The van der Waals surface area contributed by atoms with Gasteiger partial charge >= 0.3 is 0 Å². The largest absolute Gasteiger partial charge is 0.371 e. The van der Waals surface area contributed by atoms with Gasteiger partial charge in [0, 0.05) is 56.0 Å². The molecule has 1 N–H and O–H groups in total. The summed E-state index contributed by atoms with van der Waals surface area (Å²) in [6.45, 7) is 5.58. The van der Waals surface area contributed by atoms with Gasteiger partial charge < -0.3 is 14.8 Å². The van der Waals surface area contributed by atoms with Crippen LogP contribution in [0.15, 0.2) is 67.1 Å². The van der Waals surface area contributed by atoms with Crippen LogP contribution in [0, 0.1) is 11.7 Å². The summed E-state index contributed by atoms with van der Waals surface area (Å²) in [4.78, 5) is 7.10. The van der Waals surface area contributed by atoms with Gasteiger partial charge in [0.05, 0.1) is 11.4 Å². The number of nitrogens with zero attached hydrogens (tertiary/aromatic N) is 4. The minimum Gasteiger partial charge on any atom is -0.371 e. The van der Waals surface area contributed by atoms with Gasteiger partial charge in [0.1, 0.15) is 12.0 Å². The van der Waals surface area contributed by atoms with Gasteiger partial charge in [-0.2, -0.15) is 0 Å². The van der Waals surface area contributed by atoms with Crippen molar-refractivity contribution in [1.82, 2.24) is 19.4 Å². The van der Waals surface area contributed by atoms with Crippen molar-refractivity contribution in [3.8, 4) is 28.3 Å². The highest BCUT2D eigenvalue weighted by atomic mass is 19.1. The van der Waals surface area contributed by atoms with Gasteiger partial charge in [0.2, 0.25) is 0 Å². The molecule has 2 aromatic carbocycles. The van der Waals surface area contributed by atoms with Crippen LogP contribution in [-0.4, -0.2) is 46.5 Å². The second-order valence-electron chi connectivity index (χ2n) is 9.72. The van der Waals surface area contributed by atoms with E-state index in [9.17, 15) is 8.78 Å². The minimum atomic E-state index is -0.813. The van der Waals surface area contributed by atoms with E-state index in [1.54, 1.807) is 6.92 Å². The van der Waals surface area contributed by atoms with E-state index in [-0.39, 0.29) is 5.82 Å². The highest BCUT2D eigenvalue weighted by molar-refractivity contribution is 5.72. The number of aromatic nitrogens is 3. The molecule has 0 radical (unpaired) electrons. The molecule has 7 heteroatoms. The SMILES string of the molecule is CC(F)CNC[C@@H]1CCN(c2ccc3c(c2)Cn2cc(-c4ccc(F)cc4)cc2-c2nccn2-3)C1. The van der Waals surface area contributed by atoms with Crippen LogP contribution >= 0.6 is 0 Å². The molecule has 0 amide bonds. The molecule has 2 aliphatic heterocycles. The molecule has 1 fully saturated rings. The maximum Gasteiger partial charge on any atom is 0.161 e. The number of halogens is 2. The summed E-state index contributed by atoms with van der Waals surface area (Å²) >= 11 is 0. The van der Waals surface area contributed by atoms with E-state index in [1.165, 1.54) is 23.4 Å². The van der Waals surface area contributed by atoms with Crippen molar-refractivity contribution in [2.24, 2.45) is 5.92 Å². The number of alkyl halides is 1. The Morgan fingerprint density at radius 3 is 2.80 bits per heavy atom. The van der Waals surface area contributed by atoms with Crippen LogP contribution in [0.1, 0.15) is 18.9 Å². The van der Waals surface area contributed by atoms with Crippen LogP contribution < -0.4 is 10.2 Å². The standard InChI is InChI=1S/C28H29F2N5/c1-19(29)14-31-15-20-8-10-33(16-20)25-6-7-26-23(12-25)18-34-17-22(21-2-4-24(30)5-3-21)13-27(34)28-32-9-11-35(26)28/h2-7,9,11-13,17,19-20,31H,8,10,14-16,18H2,1H3/t19?,20-/m0/s1. The van der Waals surface area contributed by atoms with Crippen molar-refractivity contribution in [3.05, 3.63) is 78.5 Å². The first-order valence-electron chi connectivity index (χ1n) is 12.3.